The van der Waals surface area contributed by atoms with Gasteiger partial charge in [-0.15, -0.1) is 11.8 Å². The largest absolute Gasteiger partial charge is 0.395 e. The summed E-state index contributed by atoms with van der Waals surface area (Å²) in [4.78, 5) is 14.1. The first-order valence-corrected chi connectivity index (χ1v) is 7.14. The standard InChI is InChI=1S/C11H16N2O4S2/c1-5-3-13(11(18)12-9(5)16)10-8(17-2)7(15)6(4-14)19-10/h3,6-8,10,14-15H,4H2,1-2H3,(H,12,16,18)/t6-,7+,8-,10-/m1/s1. The Kier molecular flexibility index (Phi) is 4.46. The van der Waals surface area contributed by atoms with E-state index in [4.69, 9.17) is 17.0 Å². The van der Waals surface area contributed by atoms with E-state index in [2.05, 4.69) is 4.98 Å². The number of nitrogens with one attached hydrogen (secondary N) is 1. The van der Waals surface area contributed by atoms with Gasteiger partial charge in [0, 0.05) is 18.9 Å². The van der Waals surface area contributed by atoms with E-state index >= 15 is 0 Å². The number of methoxy groups -OCH3 is 1. The maximum atomic E-state index is 11.5. The van der Waals surface area contributed by atoms with Crippen molar-refractivity contribution in [3.8, 4) is 0 Å². The number of aromatic nitrogens is 2. The molecular weight excluding hydrogens is 288 g/mol. The number of thioether (sulfide) groups is 1. The number of hydrogen-bond donors (Lipinski definition) is 3. The molecule has 0 radical (unpaired) electrons. The maximum absolute atomic E-state index is 11.5. The summed E-state index contributed by atoms with van der Waals surface area (Å²) in [6.07, 6.45) is 0.385. The van der Waals surface area contributed by atoms with Gasteiger partial charge in [-0.3, -0.25) is 9.78 Å². The predicted molar refractivity (Wildman–Crippen MR) is 74.9 cm³/mol. The Balaban J connectivity index is 2.44. The Labute approximate surface area is 119 Å². The number of hydrogen-bond acceptors (Lipinski definition) is 6. The quantitative estimate of drug-likeness (QED) is 0.691. The molecule has 3 N–H and O–H groups in total. The second kappa shape index (κ2) is 5.76. The first-order valence-electron chi connectivity index (χ1n) is 5.78. The molecule has 0 aliphatic carbocycles. The smallest absolute Gasteiger partial charge is 0.254 e. The summed E-state index contributed by atoms with van der Waals surface area (Å²) in [5.41, 5.74) is 0.309. The van der Waals surface area contributed by atoms with Gasteiger partial charge in [-0.2, -0.15) is 0 Å². The third-order valence-electron chi connectivity index (χ3n) is 3.18. The molecule has 0 saturated carbocycles. The van der Waals surface area contributed by atoms with E-state index in [9.17, 15) is 15.0 Å². The summed E-state index contributed by atoms with van der Waals surface area (Å²) in [5, 5.41) is 18.7. The van der Waals surface area contributed by atoms with Crippen molar-refractivity contribution < 1.29 is 14.9 Å². The van der Waals surface area contributed by atoms with Gasteiger partial charge in [0.1, 0.15) is 11.5 Å². The van der Waals surface area contributed by atoms with Crippen LogP contribution in [0.25, 0.3) is 0 Å². The molecule has 8 heteroatoms. The highest BCUT2D eigenvalue weighted by molar-refractivity contribution is 8.00. The molecule has 1 fully saturated rings. The SMILES string of the molecule is CO[C@@H]1[C@@H](O)[C@@H](CO)S[C@H]1n1cc(C)c(=O)[nH]c1=S. The van der Waals surface area contributed by atoms with E-state index < -0.39 is 12.2 Å². The van der Waals surface area contributed by atoms with Crippen molar-refractivity contribution in [1.82, 2.24) is 9.55 Å². The van der Waals surface area contributed by atoms with E-state index in [1.807, 2.05) is 0 Å². The molecule has 4 atom stereocenters. The fourth-order valence-electron chi connectivity index (χ4n) is 2.12. The van der Waals surface area contributed by atoms with Gasteiger partial charge in [-0.1, -0.05) is 0 Å². The van der Waals surface area contributed by atoms with Crippen LogP contribution in [0.15, 0.2) is 11.0 Å². The van der Waals surface area contributed by atoms with Crippen molar-refractivity contribution in [2.75, 3.05) is 13.7 Å². The zero-order valence-corrected chi connectivity index (χ0v) is 12.2. The first kappa shape index (κ1) is 14.7. The zero-order valence-electron chi connectivity index (χ0n) is 10.6. The first-order chi connectivity index (χ1) is 8.99. The van der Waals surface area contributed by atoms with Gasteiger partial charge in [-0.25, -0.2) is 0 Å². The van der Waals surface area contributed by atoms with Crippen LogP contribution in [-0.4, -0.2) is 50.9 Å². The van der Waals surface area contributed by atoms with Gasteiger partial charge >= 0.3 is 0 Å². The Hall–Kier alpha value is -0.670. The number of aromatic amines is 1. The molecule has 0 amide bonds. The van der Waals surface area contributed by atoms with Gasteiger partial charge in [0.15, 0.2) is 4.77 Å². The number of H-pyrrole nitrogens is 1. The summed E-state index contributed by atoms with van der Waals surface area (Å²) in [6.45, 7) is 1.54. The molecule has 1 aliphatic rings. The van der Waals surface area contributed by atoms with Crippen LogP contribution < -0.4 is 5.56 Å². The molecule has 0 aromatic carbocycles. The van der Waals surface area contributed by atoms with Crippen LogP contribution >= 0.6 is 24.0 Å². The van der Waals surface area contributed by atoms with Gasteiger partial charge in [-0.05, 0) is 19.1 Å². The van der Waals surface area contributed by atoms with Gasteiger partial charge in [0.05, 0.1) is 18.0 Å². The minimum Gasteiger partial charge on any atom is -0.395 e. The third-order valence-corrected chi connectivity index (χ3v) is 5.05. The van der Waals surface area contributed by atoms with Gasteiger partial charge < -0.3 is 19.5 Å². The minimum atomic E-state index is -0.779. The van der Waals surface area contributed by atoms with Crippen LogP contribution in [-0.2, 0) is 4.74 Å². The monoisotopic (exact) mass is 304 g/mol. The number of aryl methyl sites for hydroxylation is 1. The number of aliphatic hydroxyl groups is 2. The number of rotatable bonds is 3. The lowest BCUT2D eigenvalue weighted by molar-refractivity contribution is -0.0187. The molecule has 1 aromatic heterocycles. The van der Waals surface area contributed by atoms with Crippen molar-refractivity contribution in [2.45, 2.75) is 29.8 Å². The Bertz CT molecular complexity index is 571. The lowest BCUT2D eigenvalue weighted by Crippen LogP contribution is -2.35. The summed E-state index contributed by atoms with van der Waals surface area (Å²) >= 11 is 6.53. The normalized spacial score (nSPS) is 30.7. The van der Waals surface area contributed by atoms with E-state index in [1.54, 1.807) is 17.7 Å². The Morgan fingerprint density at radius 1 is 1.63 bits per heavy atom. The van der Waals surface area contributed by atoms with Crippen LogP contribution in [0, 0.1) is 11.7 Å². The highest BCUT2D eigenvalue weighted by atomic mass is 32.2. The molecule has 19 heavy (non-hydrogen) atoms. The summed E-state index contributed by atoms with van der Waals surface area (Å²) in [7, 11) is 1.50. The number of ether oxygens (including phenoxy) is 1. The average Bonchev–Trinajstić information content (AvgIpc) is 2.70. The predicted octanol–water partition coefficient (Wildman–Crippen LogP) is 0.197. The highest BCUT2D eigenvalue weighted by Crippen LogP contribution is 2.43. The van der Waals surface area contributed by atoms with E-state index in [0.717, 1.165) is 0 Å². The van der Waals surface area contributed by atoms with Crippen LogP contribution in [0.2, 0.25) is 0 Å². The van der Waals surface area contributed by atoms with Crippen molar-refractivity contribution in [1.29, 1.82) is 0 Å². The third kappa shape index (κ3) is 2.63. The molecule has 6 nitrogen and oxygen atoms in total. The topological polar surface area (TPSA) is 87.5 Å². The van der Waals surface area contributed by atoms with E-state index in [0.29, 0.717) is 5.56 Å². The fraction of sp³-hybridized carbons (Fsp3) is 0.636. The molecule has 1 aliphatic heterocycles. The molecule has 106 valence electrons. The molecule has 1 aromatic rings. The summed E-state index contributed by atoms with van der Waals surface area (Å²) < 4.78 is 7.28. The molecule has 0 spiro atoms. The van der Waals surface area contributed by atoms with Crippen LogP contribution in [0.1, 0.15) is 10.9 Å². The van der Waals surface area contributed by atoms with Crippen LogP contribution in [0.3, 0.4) is 0 Å². The lowest BCUT2D eigenvalue weighted by Gasteiger charge is -2.22. The van der Waals surface area contributed by atoms with Crippen molar-refractivity contribution >= 4 is 24.0 Å². The Morgan fingerprint density at radius 2 is 2.32 bits per heavy atom. The van der Waals surface area contributed by atoms with Gasteiger partial charge in [0.25, 0.3) is 5.56 Å². The van der Waals surface area contributed by atoms with Crippen molar-refractivity contribution in [3.63, 3.8) is 0 Å². The second-order valence-electron chi connectivity index (χ2n) is 4.42. The Morgan fingerprint density at radius 3 is 2.89 bits per heavy atom. The van der Waals surface area contributed by atoms with Gasteiger partial charge in [0.2, 0.25) is 0 Å². The summed E-state index contributed by atoms with van der Waals surface area (Å²) in [5.74, 6) is 0. The summed E-state index contributed by atoms with van der Waals surface area (Å²) in [6, 6.07) is 0. The molecule has 1 saturated heterocycles. The van der Waals surface area contributed by atoms with Crippen LogP contribution in [0.5, 0.6) is 0 Å². The minimum absolute atomic E-state index is 0.141. The number of nitrogens with zero attached hydrogens (tertiary/aromatic N) is 1. The average molecular weight is 304 g/mol. The van der Waals surface area contributed by atoms with Crippen molar-refractivity contribution in [3.05, 3.63) is 26.9 Å². The van der Waals surface area contributed by atoms with E-state index in [1.165, 1.54) is 18.9 Å². The highest BCUT2D eigenvalue weighted by Gasteiger charge is 2.44. The second-order valence-corrected chi connectivity index (χ2v) is 6.16. The van der Waals surface area contributed by atoms with Crippen LogP contribution in [0.4, 0.5) is 0 Å². The zero-order chi connectivity index (χ0) is 14.2. The number of aliphatic hydroxyl groups excluding tert-OH is 2. The molecule has 0 unspecified atom stereocenters. The maximum Gasteiger partial charge on any atom is 0.254 e. The molecular formula is C11H16N2O4S2. The van der Waals surface area contributed by atoms with Crippen molar-refractivity contribution in [2.24, 2.45) is 0 Å². The molecule has 2 heterocycles. The van der Waals surface area contributed by atoms with E-state index in [-0.39, 0.29) is 27.6 Å². The fourth-order valence-corrected chi connectivity index (χ4v) is 3.93. The molecule has 0 bridgehead atoms. The lowest BCUT2D eigenvalue weighted by atomic mass is 10.1. The molecule has 2 rings (SSSR count).